The fourth-order valence-electron chi connectivity index (χ4n) is 3.16. The number of amides is 1. The number of hydrogen-bond donors (Lipinski definition) is 1. The molecule has 1 saturated heterocycles. The molecule has 2 heterocycles. The minimum atomic E-state index is -0.0629. The van der Waals surface area contributed by atoms with Crippen LogP contribution in [0.15, 0.2) is 18.3 Å². The molecular formula is C16H28Cl2N4O. The number of pyridine rings is 1. The van der Waals surface area contributed by atoms with Gasteiger partial charge in [-0.15, -0.1) is 24.8 Å². The van der Waals surface area contributed by atoms with E-state index in [1.807, 2.05) is 6.07 Å². The molecule has 0 aliphatic carbocycles. The third kappa shape index (κ3) is 5.23. The van der Waals surface area contributed by atoms with Gasteiger partial charge in [-0.1, -0.05) is 13.3 Å². The fraction of sp³-hybridized carbons (Fsp3) is 0.625. The highest BCUT2D eigenvalue weighted by Gasteiger charge is 2.34. The van der Waals surface area contributed by atoms with Crippen molar-refractivity contribution in [1.29, 1.82) is 0 Å². The molecule has 0 unspecified atom stereocenters. The van der Waals surface area contributed by atoms with Crippen molar-refractivity contribution in [3.8, 4) is 0 Å². The summed E-state index contributed by atoms with van der Waals surface area (Å²) in [6.45, 7) is 4.22. The van der Waals surface area contributed by atoms with Crippen LogP contribution < -0.4 is 10.2 Å². The summed E-state index contributed by atoms with van der Waals surface area (Å²) in [5.74, 6) is 1.50. The van der Waals surface area contributed by atoms with E-state index in [1.165, 1.54) is 12.8 Å². The summed E-state index contributed by atoms with van der Waals surface area (Å²) in [5, 5.41) is 2.66. The predicted molar refractivity (Wildman–Crippen MR) is 100 cm³/mol. The topological polar surface area (TPSA) is 48.5 Å². The number of rotatable bonds is 5. The Labute approximate surface area is 151 Å². The summed E-state index contributed by atoms with van der Waals surface area (Å²) in [6.07, 6.45) is 4.15. The van der Waals surface area contributed by atoms with E-state index in [0.29, 0.717) is 17.5 Å². The van der Waals surface area contributed by atoms with Crippen molar-refractivity contribution in [3.05, 3.63) is 23.9 Å². The number of hydrogen-bond acceptors (Lipinski definition) is 4. The van der Waals surface area contributed by atoms with Crippen molar-refractivity contribution in [3.63, 3.8) is 0 Å². The van der Waals surface area contributed by atoms with Gasteiger partial charge in [-0.2, -0.15) is 0 Å². The monoisotopic (exact) mass is 362 g/mol. The normalized spacial score (nSPS) is 20.0. The number of nitrogens with one attached hydrogen (secondary N) is 1. The first-order chi connectivity index (χ1) is 10.1. The molecule has 7 heteroatoms. The Balaban J connectivity index is 0.00000242. The van der Waals surface area contributed by atoms with Gasteiger partial charge in [0.15, 0.2) is 0 Å². The second-order valence-electron chi connectivity index (χ2n) is 5.97. The van der Waals surface area contributed by atoms with Crippen molar-refractivity contribution in [2.75, 3.05) is 39.1 Å². The molecule has 0 saturated carbocycles. The molecule has 1 aromatic rings. The van der Waals surface area contributed by atoms with Crippen molar-refractivity contribution in [2.24, 2.45) is 5.92 Å². The average Bonchev–Trinajstić information content (AvgIpc) is 2.91. The molecule has 1 aliphatic rings. The van der Waals surface area contributed by atoms with Crippen LogP contribution in [0, 0.1) is 5.92 Å². The number of nitrogens with zero attached hydrogens (tertiary/aromatic N) is 3. The lowest BCUT2D eigenvalue weighted by Crippen LogP contribution is -2.35. The van der Waals surface area contributed by atoms with E-state index in [0.717, 1.165) is 18.9 Å². The SMILES string of the molecule is CCC[C@H]1CN(c2cc(C(=O)NC)ccn2)C[C@@H]1N(C)C.Cl.Cl. The van der Waals surface area contributed by atoms with Gasteiger partial charge in [0, 0.05) is 37.9 Å². The van der Waals surface area contributed by atoms with Crippen LogP contribution in [-0.2, 0) is 0 Å². The van der Waals surface area contributed by atoms with Crippen molar-refractivity contribution >= 4 is 36.5 Å². The summed E-state index contributed by atoms with van der Waals surface area (Å²) in [7, 11) is 5.94. The summed E-state index contributed by atoms with van der Waals surface area (Å²) >= 11 is 0. The standard InChI is InChI=1S/C16H26N4O.2ClH/c1-5-6-13-10-20(11-14(13)19(3)4)15-9-12(7-8-18-15)16(21)17-2;;/h7-9,13-14H,5-6,10-11H2,1-4H3,(H,17,21);2*1H/t13-,14-;;/m0../s1. The Morgan fingerprint density at radius 3 is 2.65 bits per heavy atom. The molecule has 132 valence electrons. The zero-order valence-electron chi connectivity index (χ0n) is 14.3. The molecule has 5 nitrogen and oxygen atoms in total. The van der Waals surface area contributed by atoms with Crippen LogP contribution in [0.3, 0.4) is 0 Å². The first kappa shape index (κ1) is 22.0. The molecule has 1 N–H and O–H groups in total. The van der Waals surface area contributed by atoms with Gasteiger partial charge in [-0.3, -0.25) is 4.79 Å². The van der Waals surface area contributed by atoms with E-state index < -0.39 is 0 Å². The highest BCUT2D eigenvalue weighted by molar-refractivity contribution is 5.94. The minimum absolute atomic E-state index is 0. The highest BCUT2D eigenvalue weighted by Crippen LogP contribution is 2.28. The van der Waals surface area contributed by atoms with Crippen molar-refractivity contribution in [1.82, 2.24) is 15.2 Å². The lowest BCUT2D eigenvalue weighted by Gasteiger charge is -2.24. The summed E-state index contributed by atoms with van der Waals surface area (Å²) in [4.78, 5) is 20.8. The maximum absolute atomic E-state index is 11.8. The maximum atomic E-state index is 11.8. The van der Waals surface area contributed by atoms with E-state index in [9.17, 15) is 4.79 Å². The molecule has 1 amide bonds. The third-order valence-electron chi connectivity index (χ3n) is 4.29. The van der Waals surface area contributed by atoms with Crippen LogP contribution >= 0.6 is 24.8 Å². The molecule has 1 aromatic heterocycles. The molecule has 2 atom stereocenters. The molecule has 0 spiro atoms. The third-order valence-corrected chi connectivity index (χ3v) is 4.29. The Bertz CT molecular complexity index is 499. The van der Waals surface area contributed by atoms with Crippen LogP contribution in [0.4, 0.5) is 5.82 Å². The van der Waals surface area contributed by atoms with E-state index in [2.05, 4.69) is 41.1 Å². The highest BCUT2D eigenvalue weighted by atomic mass is 35.5. The van der Waals surface area contributed by atoms with E-state index in [-0.39, 0.29) is 30.7 Å². The first-order valence-electron chi connectivity index (χ1n) is 7.66. The Morgan fingerprint density at radius 2 is 2.09 bits per heavy atom. The number of carbonyl (C=O) groups excluding carboxylic acids is 1. The zero-order chi connectivity index (χ0) is 15.4. The number of aromatic nitrogens is 1. The smallest absolute Gasteiger partial charge is 0.251 e. The van der Waals surface area contributed by atoms with Gasteiger partial charge in [0.05, 0.1) is 0 Å². The Kier molecular flexibility index (Phi) is 9.51. The summed E-state index contributed by atoms with van der Waals surface area (Å²) < 4.78 is 0. The van der Waals surface area contributed by atoms with Gasteiger partial charge in [0.2, 0.25) is 0 Å². The Hall–Kier alpha value is -1.04. The molecule has 1 fully saturated rings. The second-order valence-corrected chi connectivity index (χ2v) is 5.97. The number of anilines is 1. The van der Waals surface area contributed by atoms with Crippen LogP contribution in [0.25, 0.3) is 0 Å². The molecule has 0 aromatic carbocycles. The zero-order valence-corrected chi connectivity index (χ0v) is 15.9. The molecular weight excluding hydrogens is 335 g/mol. The van der Waals surface area contributed by atoms with Crippen molar-refractivity contribution < 1.29 is 4.79 Å². The number of halogens is 2. The predicted octanol–water partition coefficient (Wildman–Crippen LogP) is 2.45. The molecule has 1 aliphatic heterocycles. The molecule has 2 rings (SSSR count). The number of carbonyl (C=O) groups is 1. The van der Waals surface area contributed by atoms with Crippen molar-refractivity contribution in [2.45, 2.75) is 25.8 Å². The maximum Gasteiger partial charge on any atom is 0.251 e. The lowest BCUT2D eigenvalue weighted by molar-refractivity contribution is 0.0963. The first-order valence-corrected chi connectivity index (χ1v) is 7.66. The number of likely N-dealkylation sites (N-methyl/N-ethyl adjacent to an activating group) is 1. The van der Waals surface area contributed by atoms with Crippen LogP contribution in [0.5, 0.6) is 0 Å². The van der Waals surface area contributed by atoms with Crippen LogP contribution in [-0.4, -0.2) is 56.1 Å². The van der Waals surface area contributed by atoms with Gasteiger partial charge in [0.1, 0.15) is 5.82 Å². The van der Waals surface area contributed by atoms with E-state index >= 15 is 0 Å². The van der Waals surface area contributed by atoms with E-state index in [1.54, 1.807) is 19.3 Å². The quantitative estimate of drug-likeness (QED) is 0.873. The summed E-state index contributed by atoms with van der Waals surface area (Å²) in [6, 6.07) is 4.20. The van der Waals surface area contributed by atoms with Gasteiger partial charge in [-0.25, -0.2) is 4.98 Å². The largest absolute Gasteiger partial charge is 0.355 e. The van der Waals surface area contributed by atoms with Gasteiger partial charge < -0.3 is 15.1 Å². The summed E-state index contributed by atoms with van der Waals surface area (Å²) in [5.41, 5.74) is 0.669. The molecule has 23 heavy (non-hydrogen) atoms. The second kappa shape index (κ2) is 9.96. The molecule has 0 bridgehead atoms. The minimum Gasteiger partial charge on any atom is -0.355 e. The van der Waals surface area contributed by atoms with Crippen LogP contribution in [0.2, 0.25) is 0 Å². The lowest BCUT2D eigenvalue weighted by atomic mass is 9.98. The van der Waals surface area contributed by atoms with Gasteiger partial charge in [-0.05, 0) is 38.6 Å². The van der Waals surface area contributed by atoms with Crippen LogP contribution in [0.1, 0.15) is 30.1 Å². The Morgan fingerprint density at radius 1 is 1.39 bits per heavy atom. The van der Waals surface area contributed by atoms with E-state index in [4.69, 9.17) is 0 Å². The molecule has 0 radical (unpaired) electrons. The average molecular weight is 363 g/mol. The van der Waals surface area contributed by atoms with Gasteiger partial charge in [0.25, 0.3) is 5.91 Å². The van der Waals surface area contributed by atoms with Gasteiger partial charge >= 0.3 is 0 Å². The fourth-order valence-corrected chi connectivity index (χ4v) is 3.16.